The highest BCUT2D eigenvalue weighted by atomic mass is 16.2. The molecule has 7 heteroatoms. The van der Waals surface area contributed by atoms with Gasteiger partial charge in [-0.05, 0) is 43.7 Å². The fourth-order valence-corrected chi connectivity index (χ4v) is 4.50. The molecule has 2 aromatic carbocycles. The second-order valence-corrected chi connectivity index (χ2v) is 8.61. The lowest BCUT2D eigenvalue weighted by atomic mass is 9.96. The van der Waals surface area contributed by atoms with Crippen LogP contribution < -0.4 is 11.0 Å². The zero-order valence-corrected chi connectivity index (χ0v) is 19.3. The molecule has 2 heterocycles. The first-order valence-electron chi connectivity index (χ1n) is 11.9. The lowest BCUT2D eigenvalue weighted by Gasteiger charge is -2.31. The van der Waals surface area contributed by atoms with Gasteiger partial charge in [-0.15, -0.1) is 0 Å². The summed E-state index contributed by atoms with van der Waals surface area (Å²) in [5.74, 6) is 1.04. The molecule has 0 spiro atoms. The van der Waals surface area contributed by atoms with Crippen LogP contribution in [-0.4, -0.2) is 44.9 Å². The van der Waals surface area contributed by atoms with E-state index in [0.717, 1.165) is 37.1 Å². The molecule has 2 amide bonds. The molecule has 0 radical (unpaired) electrons. The molecule has 4 rings (SSSR count). The highest BCUT2D eigenvalue weighted by Gasteiger charge is 2.28. The van der Waals surface area contributed by atoms with Gasteiger partial charge >= 0.3 is 11.7 Å². The summed E-state index contributed by atoms with van der Waals surface area (Å²) in [5.41, 5.74) is 2.29. The number of likely N-dealkylation sites (tertiary alicyclic amines) is 1. The number of benzene rings is 2. The lowest BCUT2D eigenvalue weighted by molar-refractivity contribution is 0.179. The summed E-state index contributed by atoms with van der Waals surface area (Å²) in [6.45, 7) is 5.09. The fraction of sp³-hybridized carbons (Fsp3) is 0.423. The van der Waals surface area contributed by atoms with Crippen molar-refractivity contribution < 1.29 is 4.79 Å². The molecule has 1 N–H and O–H groups in total. The Labute approximate surface area is 195 Å². The van der Waals surface area contributed by atoms with E-state index >= 15 is 0 Å². The number of nitrogens with zero attached hydrogens (tertiary/aromatic N) is 4. The van der Waals surface area contributed by atoms with E-state index in [0.29, 0.717) is 32.7 Å². The number of hydrogen-bond acceptors (Lipinski definition) is 3. The number of hydrogen-bond donors (Lipinski definition) is 1. The zero-order chi connectivity index (χ0) is 23.0. The van der Waals surface area contributed by atoms with E-state index in [2.05, 4.69) is 17.4 Å². The highest BCUT2D eigenvalue weighted by Crippen LogP contribution is 2.26. The summed E-state index contributed by atoms with van der Waals surface area (Å²) in [5, 5.41) is 7.76. The molecular formula is C26H33N5O2. The summed E-state index contributed by atoms with van der Waals surface area (Å²) < 4.78 is 3.35. The smallest absolute Gasteiger partial charge is 0.338 e. The van der Waals surface area contributed by atoms with Crippen LogP contribution >= 0.6 is 0 Å². The second kappa shape index (κ2) is 11.0. The predicted molar refractivity (Wildman–Crippen MR) is 129 cm³/mol. The number of carbonyl (C=O) groups is 1. The molecular weight excluding hydrogens is 414 g/mol. The third-order valence-corrected chi connectivity index (χ3v) is 6.35. The third-order valence-electron chi connectivity index (χ3n) is 6.35. The van der Waals surface area contributed by atoms with Crippen molar-refractivity contribution in [1.29, 1.82) is 0 Å². The van der Waals surface area contributed by atoms with Gasteiger partial charge in [0.15, 0.2) is 0 Å². The third kappa shape index (κ3) is 5.72. The number of urea groups is 1. The molecule has 3 aromatic rings. The van der Waals surface area contributed by atoms with Crippen molar-refractivity contribution in [3.05, 3.63) is 88.1 Å². The highest BCUT2D eigenvalue weighted by molar-refractivity contribution is 5.74. The summed E-state index contributed by atoms with van der Waals surface area (Å²) >= 11 is 0. The van der Waals surface area contributed by atoms with Gasteiger partial charge in [-0.1, -0.05) is 60.7 Å². The molecule has 0 aliphatic carbocycles. The second-order valence-electron chi connectivity index (χ2n) is 8.61. The van der Waals surface area contributed by atoms with Crippen molar-refractivity contribution in [2.75, 3.05) is 19.6 Å². The molecule has 0 saturated carbocycles. The molecule has 1 aliphatic rings. The Balaban J connectivity index is 1.29. The maximum absolute atomic E-state index is 12.9. The van der Waals surface area contributed by atoms with Gasteiger partial charge in [0.2, 0.25) is 0 Å². The summed E-state index contributed by atoms with van der Waals surface area (Å²) in [6, 6.07) is 20.3. The van der Waals surface area contributed by atoms with Crippen molar-refractivity contribution in [2.24, 2.45) is 0 Å². The van der Waals surface area contributed by atoms with E-state index in [4.69, 9.17) is 5.10 Å². The average Bonchev–Trinajstić information content (AvgIpc) is 3.18. The van der Waals surface area contributed by atoms with Gasteiger partial charge in [-0.3, -0.25) is 4.57 Å². The van der Waals surface area contributed by atoms with Crippen LogP contribution in [0.15, 0.2) is 65.5 Å². The van der Waals surface area contributed by atoms with Crippen LogP contribution in [0.3, 0.4) is 0 Å². The normalized spacial score (nSPS) is 14.4. The lowest BCUT2D eigenvalue weighted by Crippen LogP contribution is -2.44. The van der Waals surface area contributed by atoms with Crippen LogP contribution in [0.5, 0.6) is 0 Å². The van der Waals surface area contributed by atoms with Gasteiger partial charge in [-0.25, -0.2) is 14.3 Å². The van der Waals surface area contributed by atoms with Crippen LogP contribution in [0.4, 0.5) is 4.79 Å². The number of nitrogens with one attached hydrogen (secondary N) is 1. The Hall–Kier alpha value is -3.35. The SMILES string of the molecule is CCn1c(C2CCN(C(=O)NCCCc3ccccc3)CC2)nn(Cc2ccccc2)c1=O. The van der Waals surface area contributed by atoms with Crippen LogP contribution in [-0.2, 0) is 19.5 Å². The minimum atomic E-state index is -0.0602. The first kappa shape index (κ1) is 22.8. The van der Waals surface area contributed by atoms with Crippen LogP contribution in [0, 0.1) is 0 Å². The minimum Gasteiger partial charge on any atom is -0.338 e. The van der Waals surface area contributed by atoms with Gasteiger partial charge in [0.1, 0.15) is 5.82 Å². The predicted octanol–water partition coefficient (Wildman–Crippen LogP) is 3.63. The molecule has 0 unspecified atom stereocenters. The Morgan fingerprint density at radius 3 is 2.27 bits per heavy atom. The van der Waals surface area contributed by atoms with Crippen LogP contribution in [0.25, 0.3) is 0 Å². The summed E-state index contributed by atoms with van der Waals surface area (Å²) in [6.07, 6.45) is 3.52. The Kier molecular flexibility index (Phi) is 7.60. The first-order chi connectivity index (χ1) is 16.2. The Morgan fingerprint density at radius 1 is 1.00 bits per heavy atom. The minimum absolute atomic E-state index is 0.00370. The van der Waals surface area contributed by atoms with E-state index < -0.39 is 0 Å². The van der Waals surface area contributed by atoms with Crippen LogP contribution in [0.2, 0.25) is 0 Å². The number of rotatable bonds is 8. The molecule has 1 saturated heterocycles. The van der Waals surface area contributed by atoms with E-state index in [1.807, 2.05) is 60.4 Å². The number of amides is 2. The molecule has 1 aromatic heterocycles. The van der Waals surface area contributed by atoms with Crippen LogP contribution in [0.1, 0.15) is 49.1 Å². The van der Waals surface area contributed by atoms with E-state index in [1.165, 1.54) is 5.56 Å². The molecule has 0 atom stereocenters. The maximum Gasteiger partial charge on any atom is 0.346 e. The van der Waals surface area contributed by atoms with E-state index in [-0.39, 0.29) is 17.6 Å². The van der Waals surface area contributed by atoms with Crippen molar-refractivity contribution in [3.63, 3.8) is 0 Å². The first-order valence-corrected chi connectivity index (χ1v) is 11.9. The molecule has 7 nitrogen and oxygen atoms in total. The van der Waals surface area contributed by atoms with Crippen molar-refractivity contribution in [1.82, 2.24) is 24.6 Å². The van der Waals surface area contributed by atoms with Gasteiger partial charge < -0.3 is 10.2 Å². The monoisotopic (exact) mass is 447 g/mol. The standard InChI is InChI=1S/C26H33N5O2/c1-2-30-24(28-31(26(30)33)20-22-12-7-4-8-13-22)23-15-18-29(19-16-23)25(32)27-17-9-14-21-10-5-3-6-11-21/h3-8,10-13,23H,2,9,14-20H2,1H3,(H,27,32). The Bertz CT molecular complexity index is 1080. The topological polar surface area (TPSA) is 72.2 Å². The quantitative estimate of drug-likeness (QED) is 0.536. The summed E-state index contributed by atoms with van der Waals surface area (Å²) in [4.78, 5) is 27.3. The zero-order valence-electron chi connectivity index (χ0n) is 19.3. The largest absolute Gasteiger partial charge is 0.346 e. The van der Waals surface area contributed by atoms with Crippen molar-refractivity contribution in [2.45, 2.75) is 51.6 Å². The van der Waals surface area contributed by atoms with E-state index in [1.54, 1.807) is 9.25 Å². The van der Waals surface area contributed by atoms with Gasteiger partial charge in [-0.2, -0.15) is 5.10 Å². The van der Waals surface area contributed by atoms with E-state index in [9.17, 15) is 9.59 Å². The number of aromatic nitrogens is 3. The van der Waals surface area contributed by atoms with Crippen molar-refractivity contribution >= 4 is 6.03 Å². The Morgan fingerprint density at radius 2 is 1.64 bits per heavy atom. The van der Waals surface area contributed by atoms with Gasteiger partial charge in [0, 0.05) is 32.1 Å². The maximum atomic E-state index is 12.9. The van der Waals surface area contributed by atoms with Gasteiger partial charge in [0.05, 0.1) is 6.54 Å². The summed E-state index contributed by atoms with van der Waals surface area (Å²) in [7, 11) is 0. The number of aryl methyl sites for hydroxylation is 1. The average molecular weight is 448 g/mol. The molecule has 1 fully saturated rings. The molecule has 0 bridgehead atoms. The number of piperidine rings is 1. The molecule has 174 valence electrons. The van der Waals surface area contributed by atoms with Crippen molar-refractivity contribution in [3.8, 4) is 0 Å². The van der Waals surface area contributed by atoms with Gasteiger partial charge in [0.25, 0.3) is 0 Å². The molecule has 33 heavy (non-hydrogen) atoms. The molecule has 1 aliphatic heterocycles. The fourth-order valence-electron chi connectivity index (χ4n) is 4.50. The number of carbonyl (C=O) groups excluding carboxylic acids is 1.